The Hall–Kier alpha value is -2.14. The summed E-state index contributed by atoms with van der Waals surface area (Å²) < 4.78 is 23.8. The molecule has 1 heterocycles. The van der Waals surface area contributed by atoms with Crippen molar-refractivity contribution in [3.63, 3.8) is 0 Å². The van der Waals surface area contributed by atoms with Gasteiger partial charge in [-0.3, -0.25) is 4.98 Å². The minimum Gasteiger partial charge on any atom is -0.493 e. The van der Waals surface area contributed by atoms with Crippen LogP contribution in [-0.2, 0) is 12.0 Å². The predicted octanol–water partition coefficient (Wildman–Crippen LogP) is 2.65. The average Bonchev–Trinajstić information content (AvgIpc) is 2.46. The van der Waals surface area contributed by atoms with Crippen LogP contribution in [0.3, 0.4) is 0 Å². The topological polar surface area (TPSA) is 57.4 Å². The van der Waals surface area contributed by atoms with Gasteiger partial charge in [-0.1, -0.05) is 6.07 Å². The first-order valence-electron chi connectivity index (χ1n) is 6.57. The number of ether oxygens (including phenoxy) is 2. The summed E-state index contributed by atoms with van der Waals surface area (Å²) in [5.74, 6) is 0.909. The highest BCUT2D eigenvalue weighted by Crippen LogP contribution is 2.30. The van der Waals surface area contributed by atoms with E-state index in [1.165, 1.54) is 6.07 Å². The average molecular weight is 290 g/mol. The molecule has 5 heteroatoms. The monoisotopic (exact) mass is 290 g/mol. The fourth-order valence-electron chi connectivity index (χ4n) is 2.24. The van der Waals surface area contributed by atoms with Gasteiger partial charge in [0, 0.05) is 11.7 Å². The molecule has 0 amide bonds. The predicted molar refractivity (Wildman–Crippen MR) is 79.0 cm³/mol. The highest BCUT2D eigenvalue weighted by Gasteiger charge is 2.23. The van der Waals surface area contributed by atoms with E-state index in [9.17, 15) is 4.39 Å². The Balaban J connectivity index is 2.28. The van der Waals surface area contributed by atoms with Gasteiger partial charge in [0.25, 0.3) is 0 Å². The minimum absolute atomic E-state index is 0.392. The van der Waals surface area contributed by atoms with Crippen LogP contribution in [-0.4, -0.2) is 19.2 Å². The van der Waals surface area contributed by atoms with Crippen molar-refractivity contribution in [1.29, 1.82) is 0 Å². The van der Waals surface area contributed by atoms with Crippen LogP contribution in [0.15, 0.2) is 36.7 Å². The molecule has 0 aliphatic rings. The molecule has 0 saturated carbocycles. The second-order valence-corrected chi connectivity index (χ2v) is 5.18. The third-order valence-electron chi connectivity index (χ3n) is 3.38. The molecule has 0 spiro atoms. The van der Waals surface area contributed by atoms with Gasteiger partial charge >= 0.3 is 0 Å². The highest BCUT2D eigenvalue weighted by atomic mass is 19.1. The van der Waals surface area contributed by atoms with Gasteiger partial charge in [0.2, 0.25) is 0 Å². The molecule has 1 aromatic heterocycles. The van der Waals surface area contributed by atoms with Crippen LogP contribution < -0.4 is 15.2 Å². The summed E-state index contributed by atoms with van der Waals surface area (Å²) in [5.41, 5.74) is 7.22. The zero-order chi connectivity index (χ0) is 15.5. The standard InChI is InChI=1S/C16H19FN2O2/c1-16(18,12-7-13(17)10-19-9-12)8-11-4-5-14(20-2)15(6-11)21-3/h4-7,9-10H,8,18H2,1-3H3. The Kier molecular flexibility index (Phi) is 4.43. The van der Waals surface area contributed by atoms with E-state index in [4.69, 9.17) is 15.2 Å². The van der Waals surface area contributed by atoms with Crippen LogP contribution in [0.1, 0.15) is 18.1 Å². The number of hydrogen-bond acceptors (Lipinski definition) is 4. The Morgan fingerprint density at radius 3 is 2.48 bits per heavy atom. The third-order valence-corrected chi connectivity index (χ3v) is 3.38. The molecular weight excluding hydrogens is 271 g/mol. The van der Waals surface area contributed by atoms with Gasteiger partial charge in [0.05, 0.1) is 20.4 Å². The van der Waals surface area contributed by atoms with E-state index in [-0.39, 0.29) is 0 Å². The highest BCUT2D eigenvalue weighted by molar-refractivity contribution is 5.43. The van der Waals surface area contributed by atoms with Crippen LogP contribution in [0.5, 0.6) is 11.5 Å². The molecule has 2 N–H and O–H groups in total. The zero-order valence-electron chi connectivity index (χ0n) is 12.4. The smallest absolute Gasteiger partial charge is 0.160 e. The number of nitrogens with two attached hydrogens (primary N) is 1. The van der Waals surface area contributed by atoms with Gasteiger partial charge in [0.1, 0.15) is 5.82 Å². The molecule has 0 aliphatic carbocycles. The SMILES string of the molecule is COc1ccc(CC(C)(N)c2cncc(F)c2)cc1OC. The summed E-state index contributed by atoms with van der Waals surface area (Å²) in [6.07, 6.45) is 3.28. The Bertz CT molecular complexity index is 629. The van der Waals surface area contributed by atoms with Crippen LogP contribution >= 0.6 is 0 Å². The first-order chi connectivity index (χ1) is 9.96. The van der Waals surface area contributed by atoms with Gasteiger partial charge in [-0.25, -0.2) is 4.39 Å². The number of halogens is 1. The Labute approximate surface area is 123 Å². The van der Waals surface area contributed by atoms with Crippen molar-refractivity contribution in [2.75, 3.05) is 14.2 Å². The molecular formula is C16H19FN2O2. The molecule has 1 unspecified atom stereocenters. The fourth-order valence-corrected chi connectivity index (χ4v) is 2.24. The van der Waals surface area contributed by atoms with Gasteiger partial charge < -0.3 is 15.2 Å². The molecule has 112 valence electrons. The third kappa shape index (κ3) is 3.49. The number of benzene rings is 1. The summed E-state index contributed by atoms with van der Waals surface area (Å²) >= 11 is 0. The van der Waals surface area contributed by atoms with Gasteiger partial charge in [0.15, 0.2) is 11.5 Å². The second kappa shape index (κ2) is 6.10. The van der Waals surface area contributed by atoms with Crippen molar-refractivity contribution in [1.82, 2.24) is 4.98 Å². The quantitative estimate of drug-likeness (QED) is 0.919. The van der Waals surface area contributed by atoms with Gasteiger partial charge in [-0.15, -0.1) is 0 Å². The van der Waals surface area contributed by atoms with Crippen molar-refractivity contribution in [2.45, 2.75) is 18.9 Å². The maximum Gasteiger partial charge on any atom is 0.160 e. The lowest BCUT2D eigenvalue weighted by Gasteiger charge is -2.25. The molecule has 0 radical (unpaired) electrons. The van der Waals surface area contributed by atoms with E-state index in [1.54, 1.807) is 20.4 Å². The lowest BCUT2D eigenvalue weighted by molar-refractivity contribution is 0.354. The molecule has 1 aromatic carbocycles. The van der Waals surface area contributed by atoms with E-state index < -0.39 is 11.4 Å². The van der Waals surface area contributed by atoms with Crippen LogP contribution in [0.2, 0.25) is 0 Å². The second-order valence-electron chi connectivity index (χ2n) is 5.18. The van der Waals surface area contributed by atoms with Crippen LogP contribution in [0.25, 0.3) is 0 Å². The van der Waals surface area contributed by atoms with Gasteiger partial charge in [-0.2, -0.15) is 0 Å². The fraction of sp³-hybridized carbons (Fsp3) is 0.312. The number of methoxy groups -OCH3 is 2. The largest absolute Gasteiger partial charge is 0.493 e. The first-order valence-corrected chi connectivity index (χ1v) is 6.57. The van der Waals surface area contributed by atoms with Crippen LogP contribution in [0, 0.1) is 5.82 Å². The number of nitrogens with zero attached hydrogens (tertiary/aromatic N) is 1. The number of rotatable bonds is 5. The number of hydrogen-bond donors (Lipinski definition) is 1. The maximum absolute atomic E-state index is 13.3. The van der Waals surface area contributed by atoms with Crippen molar-refractivity contribution in [3.8, 4) is 11.5 Å². The molecule has 0 fully saturated rings. The van der Waals surface area contributed by atoms with Crippen molar-refractivity contribution < 1.29 is 13.9 Å². The van der Waals surface area contributed by atoms with E-state index in [0.717, 1.165) is 11.8 Å². The minimum atomic E-state index is -0.727. The van der Waals surface area contributed by atoms with E-state index >= 15 is 0 Å². The molecule has 0 saturated heterocycles. The number of aromatic nitrogens is 1. The van der Waals surface area contributed by atoms with E-state index in [0.29, 0.717) is 23.5 Å². The normalized spacial score (nSPS) is 13.6. The zero-order valence-corrected chi connectivity index (χ0v) is 12.4. The van der Waals surface area contributed by atoms with Crippen molar-refractivity contribution in [2.24, 2.45) is 5.73 Å². The molecule has 0 aliphatic heterocycles. The van der Waals surface area contributed by atoms with E-state index in [2.05, 4.69) is 4.98 Å². The van der Waals surface area contributed by atoms with Crippen LogP contribution in [0.4, 0.5) is 4.39 Å². The molecule has 2 rings (SSSR count). The Morgan fingerprint density at radius 1 is 1.14 bits per heavy atom. The lowest BCUT2D eigenvalue weighted by Crippen LogP contribution is -2.35. The lowest BCUT2D eigenvalue weighted by atomic mass is 9.87. The van der Waals surface area contributed by atoms with Gasteiger partial charge in [-0.05, 0) is 42.7 Å². The molecule has 4 nitrogen and oxygen atoms in total. The summed E-state index contributed by atoms with van der Waals surface area (Å²) in [7, 11) is 3.17. The summed E-state index contributed by atoms with van der Waals surface area (Å²) in [6.45, 7) is 1.85. The first kappa shape index (κ1) is 15.3. The van der Waals surface area contributed by atoms with Crippen molar-refractivity contribution >= 4 is 0 Å². The maximum atomic E-state index is 13.3. The summed E-state index contributed by atoms with van der Waals surface area (Å²) in [4.78, 5) is 3.85. The molecule has 1 atom stereocenters. The Morgan fingerprint density at radius 2 is 1.86 bits per heavy atom. The van der Waals surface area contributed by atoms with E-state index in [1.807, 2.05) is 25.1 Å². The molecule has 0 bridgehead atoms. The summed E-state index contributed by atoms with van der Waals surface area (Å²) in [6, 6.07) is 7.03. The molecule has 21 heavy (non-hydrogen) atoms. The molecule has 2 aromatic rings. The summed E-state index contributed by atoms with van der Waals surface area (Å²) in [5, 5.41) is 0. The van der Waals surface area contributed by atoms with Crippen molar-refractivity contribution in [3.05, 3.63) is 53.6 Å². The number of pyridine rings is 1.